The van der Waals surface area contributed by atoms with Crippen LogP contribution in [0, 0.1) is 0 Å². The molecule has 1 N–H and O–H groups in total. The van der Waals surface area contributed by atoms with Gasteiger partial charge in [0.1, 0.15) is 0 Å². The van der Waals surface area contributed by atoms with Crippen LogP contribution in [0.4, 0.5) is 0 Å². The molecule has 0 radical (unpaired) electrons. The van der Waals surface area contributed by atoms with Crippen molar-refractivity contribution in [3.05, 3.63) is 0 Å². The second kappa shape index (κ2) is 6.97. The first-order chi connectivity index (χ1) is 8.04. The molecular weight excluding hydrogens is 214 g/mol. The third-order valence-corrected chi connectivity index (χ3v) is 3.56. The van der Waals surface area contributed by atoms with Gasteiger partial charge in [0.25, 0.3) is 0 Å². The fourth-order valence-electron chi connectivity index (χ4n) is 2.45. The van der Waals surface area contributed by atoms with Gasteiger partial charge in [-0.05, 0) is 45.8 Å². The molecule has 1 fully saturated rings. The molecule has 100 valence electrons. The molecule has 4 nitrogen and oxygen atoms in total. The molecule has 1 rings (SSSR count). The fraction of sp³-hybridized carbons (Fsp3) is 0.923. The summed E-state index contributed by atoms with van der Waals surface area (Å²) >= 11 is 0. The summed E-state index contributed by atoms with van der Waals surface area (Å²) in [7, 11) is 3.62. The molecule has 0 spiro atoms. The average Bonchev–Trinajstić information content (AvgIpc) is 2.53. The number of carbonyl (C=O) groups is 1. The zero-order valence-electron chi connectivity index (χ0n) is 11.7. The van der Waals surface area contributed by atoms with Crippen LogP contribution in [-0.2, 0) is 4.79 Å². The zero-order chi connectivity index (χ0) is 12.8. The summed E-state index contributed by atoms with van der Waals surface area (Å²) in [5, 5.41) is 3.47. The molecule has 1 aliphatic rings. The minimum absolute atomic E-state index is 0.0665. The lowest BCUT2D eigenvalue weighted by molar-refractivity contribution is -0.130. The molecule has 17 heavy (non-hydrogen) atoms. The standard InChI is InChI=1S/C13H27N3O/c1-5-16-9-6-7-12(8-10-16)14-11(2)13(17)15(3)4/h11-12,14H,5-10H2,1-4H3. The Labute approximate surface area is 105 Å². The molecule has 1 aliphatic heterocycles. The Balaban J connectivity index is 2.38. The summed E-state index contributed by atoms with van der Waals surface area (Å²) in [6.07, 6.45) is 3.56. The van der Waals surface area contributed by atoms with E-state index in [2.05, 4.69) is 17.1 Å². The van der Waals surface area contributed by atoms with Gasteiger partial charge in [-0.15, -0.1) is 0 Å². The highest BCUT2D eigenvalue weighted by molar-refractivity contribution is 5.80. The Morgan fingerprint density at radius 2 is 2.12 bits per heavy atom. The SMILES string of the molecule is CCN1CCCC(NC(C)C(=O)N(C)C)CC1. The van der Waals surface area contributed by atoms with Crippen molar-refractivity contribution in [2.75, 3.05) is 33.7 Å². The van der Waals surface area contributed by atoms with E-state index in [1.54, 1.807) is 4.90 Å². The maximum atomic E-state index is 11.8. The van der Waals surface area contributed by atoms with Crippen molar-refractivity contribution in [2.24, 2.45) is 0 Å². The van der Waals surface area contributed by atoms with Crippen molar-refractivity contribution in [1.82, 2.24) is 15.1 Å². The van der Waals surface area contributed by atoms with Crippen LogP contribution in [0.2, 0.25) is 0 Å². The number of hydrogen-bond donors (Lipinski definition) is 1. The van der Waals surface area contributed by atoms with Crippen LogP contribution in [0.15, 0.2) is 0 Å². The highest BCUT2D eigenvalue weighted by Crippen LogP contribution is 2.11. The Bertz CT molecular complexity index is 243. The van der Waals surface area contributed by atoms with Crippen molar-refractivity contribution in [2.45, 2.75) is 45.2 Å². The quantitative estimate of drug-likeness (QED) is 0.795. The lowest BCUT2D eigenvalue weighted by atomic mass is 10.1. The Hall–Kier alpha value is -0.610. The van der Waals surface area contributed by atoms with Crippen molar-refractivity contribution >= 4 is 5.91 Å². The van der Waals surface area contributed by atoms with Crippen molar-refractivity contribution in [3.63, 3.8) is 0 Å². The van der Waals surface area contributed by atoms with Crippen LogP contribution in [-0.4, -0.2) is 61.5 Å². The first-order valence-electron chi connectivity index (χ1n) is 6.74. The molecule has 0 aromatic rings. The Kier molecular flexibility index (Phi) is 5.92. The van der Waals surface area contributed by atoms with E-state index in [0.717, 1.165) is 19.5 Å². The van der Waals surface area contributed by atoms with E-state index in [1.165, 1.54) is 19.4 Å². The van der Waals surface area contributed by atoms with Gasteiger partial charge in [0.2, 0.25) is 5.91 Å². The minimum Gasteiger partial charge on any atom is -0.347 e. The maximum Gasteiger partial charge on any atom is 0.238 e. The molecule has 1 amide bonds. The number of likely N-dealkylation sites (tertiary alicyclic amines) is 1. The van der Waals surface area contributed by atoms with Crippen molar-refractivity contribution in [3.8, 4) is 0 Å². The number of carbonyl (C=O) groups excluding carboxylic acids is 1. The first-order valence-corrected chi connectivity index (χ1v) is 6.74. The largest absolute Gasteiger partial charge is 0.347 e. The van der Waals surface area contributed by atoms with Gasteiger partial charge in [0.05, 0.1) is 6.04 Å². The molecule has 0 aromatic heterocycles. The zero-order valence-corrected chi connectivity index (χ0v) is 11.7. The van der Waals surface area contributed by atoms with Crippen LogP contribution >= 0.6 is 0 Å². The van der Waals surface area contributed by atoms with E-state index in [0.29, 0.717) is 6.04 Å². The predicted octanol–water partition coefficient (Wildman–Crippen LogP) is 0.927. The second-order valence-electron chi connectivity index (χ2n) is 5.18. The second-order valence-corrected chi connectivity index (χ2v) is 5.18. The lowest BCUT2D eigenvalue weighted by Gasteiger charge is -2.24. The summed E-state index contributed by atoms with van der Waals surface area (Å²) in [6.45, 7) is 7.66. The highest BCUT2D eigenvalue weighted by Gasteiger charge is 2.21. The summed E-state index contributed by atoms with van der Waals surface area (Å²) < 4.78 is 0. The number of likely N-dealkylation sites (N-methyl/N-ethyl adjacent to an activating group) is 1. The van der Waals surface area contributed by atoms with E-state index in [-0.39, 0.29) is 11.9 Å². The molecule has 0 bridgehead atoms. The molecule has 1 saturated heterocycles. The van der Waals surface area contributed by atoms with E-state index < -0.39 is 0 Å². The van der Waals surface area contributed by atoms with Gasteiger partial charge in [-0.3, -0.25) is 4.79 Å². The van der Waals surface area contributed by atoms with Gasteiger partial charge in [0, 0.05) is 20.1 Å². The van der Waals surface area contributed by atoms with E-state index in [9.17, 15) is 4.79 Å². The van der Waals surface area contributed by atoms with Gasteiger partial charge in [-0.25, -0.2) is 0 Å². The molecule has 1 heterocycles. The van der Waals surface area contributed by atoms with E-state index in [4.69, 9.17) is 0 Å². The number of nitrogens with one attached hydrogen (secondary N) is 1. The molecular formula is C13H27N3O. The molecule has 2 unspecified atom stereocenters. The summed E-state index contributed by atoms with van der Waals surface area (Å²) in [4.78, 5) is 15.9. The van der Waals surface area contributed by atoms with Crippen LogP contribution in [0.1, 0.15) is 33.1 Å². The van der Waals surface area contributed by atoms with Crippen LogP contribution in [0.3, 0.4) is 0 Å². The maximum absolute atomic E-state index is 11.8. The van der Waals surface area contributed by atoms with Crippen LogP contribution in [0.25, 0.3) is 0 Å². The van der Waals surface area contributed by atoms with Gasteiger partial charge >= 0.3 is 0 Å². The topological polar surface area (TPSA) is 35.6 Å². The fourth-order valence-corrected chi connectivity index (χ4v) is 2.45. The summed E-state index contributed by atoms with van der Waals surface area (Å²) in [5.74, 6) is 0.168. The van der Waals surface area contributed by atoms with Gasteiger partial charge in [0.15, 0.2) is 0 Å². The van der Waals surface area contributed by atoms with Gasteiger partial charge in [-0.2, -0.15) is 0 Å². The van der Waals surface area contributed by atoms with Crippen molar-refractivity contribution < 1.29 is 4.79 Å². The minimum atomic E-state index is -0.0665. The van der Waals surface area contributed by atoms with Gasteiger partial charge < -0.3 is 15.1 Å². The van der Waals surface area contributed by atoms with Crippen LogP contribution in [0.5, 0.6) is 0 Å². The first kappa shape index (κ1) is 14.5. The number of nitrogens with zero attached hydrogens (tertiary/aromatic N) is 2. The predicted molar refractivity (Wildman–Crippen MR) is 71.0 cm³/mol. The number of rotatable bonds is 4. The smallest absolute Gasteiger partial charge is 0.238 e. The van der Waals surface area contributed by atoms with E-state index in [1.807, 2.05) is 21.0 Å². The molecule has 0 aliphatic carbocycles. The molecule has 0 aromatic carbocycles. The lowest BCUT2D eigenvalue weighted by Crippen LogP contribution is -2.46. The Morgan fingerprint density at radius 3 is 2.71 bits per heavy atom. The van der Waals surface area contributed by atoms with E-state index >= 15 is 0 Å². The average molecular weight is 241 g/mol. The summed E-state index contributed by atoms with van der Waals surface area (Å²) in [5.41, 5.74) is 0. The third-order valence-electron chi connectivity index (χ3n) is 3.56. The summed E-state index contributed by atoms with van der Waals surface area (Å²) in [6, 6.07) is 0.425. The van der Waals surface area contributed by atoms with Crippen LogP contribution < -0.4 is 5.32 Å². The molecule has 0 saturated carbocycles. The third kappa shape index (κ3) is 4.64. The Morgan fingerprint density at radius 1 is 1.41 bits per heavy atom. The number of amides is 1. The monoisotopic (exact) mass is 241 g/mol. The number of hydrogen-bond acceptors (Lipinski definition) is 3. The normalized spacial score (nSPS) is 24.1. The van der Waals surface area contributed by atoms with Gasteiger partial charge in [-0.1, -0.05) is 6.92 Å². The molecule has 2 atom stereocenters. The highest BCUT2D eigenvalue weighted by atomic mass is 16.2. The van der Waals surface area contributed by atoms with Crippen molar-refractivity contribution in [1.29, 1.82) is 0 Å². The molecule has 4 heteroatoms.